The zero-order chi connectivity index (χ0) is 29.1. The summed E-state index contributed by atoms with van der Waals surface area (Å²) in [6.45, 7) is 12.2. The van der Waals surface area contributed by atoms with E-state index in [0.717, 1.165) is 12.8 Å². The zero-order valence-corrected chi connectivity index (χ0v) is 24.3. The third-order valence-corrected chi connectivity index (χ3v) is 9.22. The SMILES string of the molecule is C=CCCOC(=O)[C@@H]1[C@H]2C(=O)N(CCCCCCO)C(C(=O)N(CC=C)c3ccccc3Cl)C23CC(C)[C@@]1(C)O3. The predicted molar refractivity (Wildman–Crippen MR) is 154 cm³/mol. The average molecular weight is 573 g/mol. The van der Waals surface area contributed by atoms with Gasteiger partial charge in [0.05, 0.1) is 28.8 Å². The summed E-state index contributed by atoms with van der Waals surface area (Å²) in [4.78, 5) is 45.5. The van der Waals surface area contributed by atoms with Crippen molar-refractivity contribution >= 4 is 35.1 Å². The van der Waals surface area contributed by atoms with Crippen LogP contribution in [-0.2, 0) is 23.9 Å². The molecule has 3 unspecified atom stereocenters. The van der Waals surface area contributed by atoms with E-state index in [2.05, 4.69) is 13.2 Å². The Hall–Kier alpha value is -2.68. The lowest BCUT2D eigenvalue weighted by Crippen LogP contribution is -2.57. The summed E-state index contributed by atoms with van der Waals surface area (Å²) in [5.41, 5.74) is -1.59. The van der Waals surface area contributed by atoms with Gasteiger partial charge in [-0.1, -0.05) is 55.7 Å². The van der Waals surface area contributed by atoms with Gasteiger partial charge in [0.2, 0.25) is 5.91 Å². The summed E-state index contributed by atoms with van der Waals surface area (Å²) in [5.74, 6) is -2.76. The van der Waals surface area contributed by atoms with E-state index in [4.69, 9.17) is 26.2 Å². The molecule has 3 fully saturated rings. The number of nitrogens with zero attached hydrogens (tertiary/aromatic N) is 2. The van der Waals surface area contributed by atoms with Crippen molar-refractivity contribution in [2.45, 2.75) is 69.6 Å². The minimum atomic E-state index is -1.17. The molecule has 1 N–H and O–H groups in total. The first kappa shape index (κ1) is 30.3. The van der Waals surface area contributed by atoms with Crippen LogP contribution in [0.25, 0.3) is 0 Å². The van der Waals surface area contributed by atoms with Crippen LogP contribution in [0, 0.1) is 17.8 Å². The Morgan fingerprint density at radius 1 is 1.23 bits per heavy atom. The van der Waals surface area contributed by atoms with Crippen LogP contribution in [-0.4, -0.2) is 71.3 Å². The van der Waals surface area contributed by atoms with Gasteiger partial charge >= 0.3 is 5.97 Å². The molecule has 9 heteroatoms. The Morgan fingerprint density at radius 3 is 2.62 bits per heavy atom. The number of hydrogen-bond donors (Lipinski definition) is 1. The molecule has 0 radical (unpaired) electrons. The lowest BCUT2D eigenvalue weighted by molar-refractivity contribution is -0.161. The number of likely N-dealkylation sites (tertiary alicyclic amines) is 1. The van der Waals surface area contributed by atoms with Gasteiger partial charge in [0.25, 0.3) is 5.91 Å². The van der Waals surface area contributed by atoms with Gasteiger partial charge < -0.3 is 24.4 Å². The molecule has 1 spiro atoms. The van der Waals surface area contributed by atoms with E-state index >= 15 is 0 Å². The molecule has 3 aliphatic rings. The highest BCUT2D eigenvalue weighted by Gasteiger charge is 2.80. The van der Waals surface area contributed by atoms with E-state index in [9.17, 15) is 14.4 Å². The summed E-state index contributed by atoms with van der Waals surface area (Å²) in [6.07, 6.45) is 7.23. The first-order chi connectivity index (χ1) is 19.2. The number of carbonyl (C=O) groups excluding carboxylic acids is 3. The lowest BCUT2D eigenvalue weighted by atomic mass is 9.62. The minimum Gasteiger partial charge on any atom is -0.465 e. The number of benzene rings is 1. The molecule has 0 aliphatic carbocycles. The highest BCUT2D eigenvalue weighted by molar-refractivity contribution is 6.34. The molecule has 8 nitrogen and oxygen atoms in total. The number of hydrogen-bond acceptors (Lipinski definition) is 6. The van der Waals surface area contributed by atoms with Gasteiger partial charge in [-0.15, -0.1) is 13.2 Å². The zero-order valence-electron chi connectivity index (χ0n) is 23.5. The lowest BCUT2D eigenvalue weighted by Gasteiger charge is -2.37. The standard InChI is InChI=1S/C31H41ClN2O6/c1-5-7-19-39-29(38)25-24-27(36)34(17-12-8-9-13-18-35)26(31(24)20-21(3)30(25,4)40-31)28(37)33(16-6-2)23-15-11-10-14-22(23)32/h5-6,10-11,14-15,21,24-26,35H,1-2,7-9,12-13,16-20H2,3-4H3/t21?,24-,25-,26?,30+,31?/m0/s1. The van der Waals surface area contributed by atoms with E-state index in [-0.39, 0.29) is 37.5 Å². The fraction of sp³-hybridized carbons (Fsp3) is 0.581. The predicted octanol–water partition coefficient (Wildman–Crippen LogP) is 4.54. The molecule has 1 aromatic carbocycles. The summed E-state index contributed by atoms with van der Waals surface area (Å²) in [7, 11) is 0. The second kappa shape index (κ2) is 12.5. The molecule has 4 rings (SSSR count). The van der Waals surface area contributed by atoms with Crippen molar-refractivity contribution < 1.29 is 29.0 Å². The van der Waals surface area contributed by atoms with Crippen LogP contribution in [0.1, 0.15) is 52.4 Å². The topological polar surface area (TPSA) is 96.4 Å². The second-order valence-electron chi connectivity index (χ2n) is 11.3. The van der Waals surface area contributed by atoms with Crippen LogP contribution in [0.3, 0.4) is 0 Å². The first-order valence-electron chi connectivity index (χ1n) is 14.2. The third kappa shape index (κ3) is 5.10. The second-order valence-corrected chi connectivity index (χ2v) is 11.7. The molecule has 3 saturated heterocycles. The summed E-state index contributed by atoms with van der Waals surface area (Å²) in [5, 5.41) is 9.57. The Kier molecular flexibility index (Phi) is 9.43. The third-order valence-electron chi connectivity index (χ3n) is 8.90. The van der Waals surface area contributed by atoms with Crippen molar-refractivity contribution in [2.24, 2.45) is 17.8 Å². The number of halogens is 1. The van der Waals surface area contributed by atoms with Gasteiger partial charge in [0.1, 0.15) is 17.6 Å². The maximum absolute atomic E-state index is 14.6. The maximum atomic E-state index is 14.6. The van der Waals surface area contributed by atoms with Gasteiger partial charge in [0.15, 0.2) is 0 Å². The fourth-order valence-electron chi connectivity index (χ4n) is 6.95. The van der Waals surface area contributed by atoms with Gasteiger partial charge in [0, 0.05) is 19.7 Å². The van der Waals surface area contributed by atoms with Gasteiger partial charge in [-0.2, -0.15) is 0 Å². The number of anilines is 1. The Bertz CT molecular complexity index is 1140. The molecule has 6 atom stereocenters. The number of unbranched alkanes of at least 4 members (excludes halogenated alkanes) is 3. The fourth-order valence-corrected chi connectivity index (χ4v) is 7.19. The number of fused-ring (bicyclic) bond motifs is 1. The molecular formula is C31H41ClN2O6. The molecule has 2 bridgehead atoms. The largest absolute Gasteiger partial charge is 0.465 e. The molecule has 0 aromatic heterocycles. The van der Waals surface area contributed by atoms with Crippen LogP contribution < -0.4 is 4.90 Å². The van der Waals surface area contributed by atoms with Crippen LogP contribution >= 0.6 is 11.6 Å². The first-order valence-corrected chi connectivity index (χ1v) is 14.6. The Morgan fingerprint density at radius 2 is 1.95 bits per heavy atom. The van der Waals surface area contributed by atoms with Crippen molar-refractivity contribution in [3.8, 4) is 0 Å². The average Bonchev–Trinajstić information content (AvgIpc) is 3.44. The normalized spacial score (nSPS) is 30.3. The van der Waals surface area contributed by atoms with Crippen molar-refractivity contribution in [1.29, 1.82) is 0 Å². The van der Waals surface area contributed by atoms with Crippen molar-refractivity contribution in [2.75, 3.05) is 31.2 Å². The van der Waals surface area contributed by atoms with Crippen LogP contribution in [0.4, 0.5) is 5.69 Å². The van der Waals surface area contributed by atoms with E-state index in [1.807, 2.05) is 13.8 Å². The minimum absolute atomic E-state index is 0.0820. The number of amides is 2. The highest BCUT2D eigenvalue weighted by Crippen LogP contribution is 2.65. The van der Waals surface area contributed by atoms with Gasteiger partial charge in [-0.05, 0) is 50.7 Å². The van der Waals surface area contributed by atoms with Crippen LogP contribution in [0.2, 0.25) is 5.02 Å². The van der Waals surface area contributed by atoms with Crippen molar-refractivity contribution in [3.63, 3.8) is 0 Å². The van der Waals surface area contributed by atoms with E-state index in [1.54, 1.807) is 46.2 Å². The van der Waals surface area contributed by atoms with Crippen LogP contribution in [0.5, 0.6) is 0 Å². The monoisotopic (exact) mass is 572 g/mol. The smallest absolute Gasteiger partial charge is 0.312 e. The molecule has 3 heterocycles. The number of aliphatic hydroxyl groups is 1. The quantitative estimate of drug-likeness (QED) is 0.200. The number of rotatable bonds is 14. The van der Waals surface area contributed by atoms with Crippen LogP contribution in [0.15, 0.2) is 49.6 Å². The van der Waals surface area contributed by atoms with E-state index in [0.29, 0.717) is 42.9 Å². The molecule has 218 valence electrons. The molecule has 2 amide bonds. The van der Waals surface area contributed by atoms with Gasteiger partial charge in [-0.3, -0.25) is 14.4 Å². The summed E-state index contributed by atoms with van der Waals surface area (Å²) < 4.78 is 12.4. The molecule has 1 aromatic rings. The number of ether oxygens (including phenoxy) is 2. The number of para-hydroxylation sites is 1. The van der Waals surface area contributed by atoms with E-state index in [1.165, 1.54) is 0 Å². The number of carbonyl (C=O) groups is 3. The highest BCUT2D eigenvalue weighted by atomic mass is 35.5. The Labute approximate surface area is 241 Å². The molecule has 40 heavy (non-hydrogen) atoms. The summed E-state index contributed by atoms with van der Waals surface area (Å²) in [6, 6.07) is 6.15. The molecule has 0 saturated carbocycles. The molecule has 3 aliphatic heterocycles. The maximum Gasteiger partial charge on any atom is 0.312 e. The Balaban J connectivity index is 1.75. The van der Waals surface area contributed by atoms with E-state index < -0.39 is 35.0 Å². The number of aliphatic hydroxyl groups excluding tert-OH is 1. The molecular weight excluding hydrogens is 532 g/mol. The van der Waals surface area contributed by atoms with Crippen molar-refractivity contribution in [3.05, 3.63) is 54.6 Å². The summed E-state index contributed by atoms with van der Waals surface area (Å²) >= 11 is 6.53. The van der Waals surface area contributed by atoms with Gasteiger partial charge in [-0.25, -0.2) is 0 Å². The number of esters is 1. The van der Waals surface area contributed by atoms with Crippen molar-refractivity contribution in [1.82, 2.24) is 4.90 Å².